The van der Waals surface area contributed by atoms with Gasteiger partial charge >= 0.3 is 0 Å². The molecule has 95 valence electrons. The van der Waals surface area contributed by atoms with Gasteiger partial charge in [0.1, 0.15) is 6.10 Å². The Morgan fingerprint density at radius 3 is 2.10 bits per heavy atom. The maximum atomic E-state index is 12.8. The first-order chi connectivity index (χ1) is 9.86. The zero-order valence-corrected chi connectivity index (χ0v) is 10.9. The van der Waals surface area contributed by atoms with E-state index in [1.807, 2.05) is 54.6 Å². The van der Waals surface area contributed by atoms with Crippen molar-refractivity contribution in [1.82, 2.24) is 0 Å². The van der Waals surface area contributed by atoms with E-state index in [1.54, 1.807) is 0 Å². The van der Waals surface area contributed by atoms with Crippen molar-refractivity contribution in [3.63, 3.8) is 0 Å². The second-order valence-corrected chi connectivity index (χ2v) is 5.10. The largest absolute Gasteiger partial charge is 0.223 e. The van der Waals surface area contributed by atoms with Crippen molar-refractivity contribution in [2.24, 2.45) is 0 Å². The molecule has 1 aliphatic rings. The van der Waals surface area contributed by atoms with E-state index in [9.17, 15) is 5.11 Å². The van der Waals surface area contributed by atoms with Gasteiger partial charge in [-0.2, -0.15) is 0 Å². The Morgan fingerprint density at radius 2 is 1.25 bits per heavy atom. The zero-order chi connectivity index (χ0) is 13.5. The van der Waals surface area contributed by atoms with Gasteiger partial charge in [-0.05, 0) is 27.8 Å². The summed E-state index contributed by atoms with van der Waals surface area (Å²) in [4.78, 5) is 0. The van der Waals surface area contributed by atoms with Crippen molar-refractivity contribution >= 4 is 0 Å². The number of benzene rings is 3. The van der Waals surface area contributed by atoms with Gasteiger partial charge in [0.05, 0.1) is 0 Å². The molecule has 1 atom stereocenters. The lowest BCUT2D eigenvalue weighted by Gasteiger charge is -2.11. The molecule has 1 unspecified atom stereocenters. The molecule has 0 fully saturated rings. The molecule has 3 aromatic carbocycles. The van der Waals surface area contributed by atoms with E-state index in [4.69, 9.17) is 0 Å². The summed E-state index contributed by atoms with van der Waals surface area (Å²) in [5.74, 6) is 0. The Bertz CT molecular complexity index is 775. The second kappa shape index (κ2) is 4.32. The van der Waals surface area contributed by atoms with Crippen LogP contribution in [0.3, 0.4) is 0 Å². The highest BCUT2D eigenvalue weighted by Crippen LogP contribution is 2.47. The summed E-state index contributed by atoms with van der Waals surface area (Å²) < 4.78 is 0. The minimum atomic E-state index is -0.780. The van der Waals surface area contributed by atoms with Crippen molar-refractivity contribution in [1.29, 1.82) is 0 Å². The molecule has 0 N–H and O–H groups in total. The Morgan fingerprint density at radius 1 is 0.600 bits per heavy atom. The molecule has 20 heavy (non-hydrogen) atoms. The molecule has 0 saturated carbocycles. The van der Waals surface area contributed by atoms with E-state index in [0.717, 1.165) is 33.4 Å². The van der Waals surface area contributed by atoms with Crippen LogP contribution in [0.25, 0.3) is 22.3 Å². The van der Waals surface area contributed by atoms with Crippen LogP contribution in [0, 0.1) is 0 Å². The number of fused-ring (bicyclic) bond motifs is 3. The molecule has 1 heteroatoms. The van der Waals surface area contributed by atoms with Crippen molar-refractivity contribution in [3.05, 3.63) is 83.9 Å². The van der Waals surface area contributed by atoms with Crippen LogP contribution in [0.4, 0.5) is 0 Å². The molecule has 3 aromatic rings. The van der Waals surface area contributed by atoms with Gasteiger partial charge in [0.25, 0.3) is 0 Å². The summed E-state index contributed by atoms with van der Waals surface area (Å²) in [5.41, 5.74) is 6.14. The van der Waals surface area contributed by atoms with Crippen LogP contribution in [-0.4, -0.2) is 0 Å². The molecule has 1 radical (unpaired) electrons. The third-order valence-electron chi connectivity index (χ3n) is 3.99. The van der Waals surface area contributed by atoms with Gasteiger partial charge in [-0.25, -0.2) is 5.11 Å². The Hall–Kier alpha value is -2.38. The topological polar surface area (TPSA) is 19.9 Å². The van der Waals surface area contributed by atoms with E-state index >= 15 is 0 Å². The summed E-state index contributed by atoms with van der Waals surface area (Å²) in [6.07, 6.45) is -0.780. The molecule has 4 rings (SSSR count). The zero-order valence-electron chi connectivity index (χ0n) is 10.9. The summed E-state index contributed by atoms with van der Waals surface area (Å²) in [6, 6.07) is 24.2. The van der Waals surface area contributed by atoms with Crippen molar-refractivity contribution in [3.8, 4) is 22.3 Å². The van der Waals surface area contributed by atoms with E-state index in [2.05, 4.69) is 18.2 Å². The first-order valence-electron chi connectivity index (χ1n) is 6.80. The first kappa shape index (κ1) is 11.4. The molecule has 0 heterocycles. The SMILES string of the molecule is [O]C1c2ccccc2-c2cccc(-c3ccccc3)c21. The molecule has 0 saturated heterocycles. The van der Waals surface area contributed by atoms with E-state index < -0.39 is 6.10 Å². The highest BCUT2D eigenvalue weighted by molar-refractivity contribution is 5.85. The monoisotopic (exact) mass is 257 g/mol. The van der Waals surface area contributed by atoms with Gasteiger partial charge in [0, 0.05) is 5.56 Å². The third kappa shape index (κ3) is 1.54. The van der Waals surface area contributed by atoms with Gasteiger partial charge in [-0.3, -0.25) is 0 Å². The molecule has 0 spiro atoms. The number of hydrogen-bond donors (Lipinski definition) is 0. The van der Waals surface area contributed by atoms with Crippen LogP contribution in [0.2, 0.25) is 0 Å². The van der Waals surface area contributed by atoms with Gasteiger partial charge in [-0.1, -0.05) is 72.8 Å². The standard InChI is InChI=1S/C19H13O/c20-19-17-10-5-4-9-15(17)16-12-6-11-14(18(16)19)13-7-2-1-3-8-13/h1-12,19H. The average Bonchev–Trinajstić information content (AvgIpc) is 2.82. The normalized spacial score (nSPS) is 15.8. The van der Waals surface area contributed by atoms with Crippen molar-refractivity contribution in [2.45, 2.75) is 6.10 Å². The van der Waals surface area contributed by atoms with Gasteiger partial charge in [0.15, 0.2) is 0 Å². The molecular weight excluding hydrogens is 244 g/mol. The van der Waals surface area contributed by atoms with Crippen molar-refractivity contribution in [2.75, 3.05) is 0 Å². The lowest BCUT2D eigenvalue weighted by Crippen LogP contribution is -1.95. The molecule has 1 nitrogen and oxygen atoms in total. The molecular formula is C19H13O. The predicted molar refractivity (Wildman–Crippen MR) is 79.8 cm³/mol. The Labute approximate surface area is 118 Å². The molecule has 0 aromatic heterocycles. The fourth-order valence-corrected chi connectivity index (χ4v) is 3.08. The first-order valence-corrected chi connectivity index (χ1v) is 6.80. The van der Waals surface area contributed by atoms with Crippen LogP contribution in [-0.2, 0) is 5.11 Å². The van der Waals surface area contributed by atoms with Crippen molar-refractivity contribution < 1.29 is 5.11 Å². The fraction of sp³-hybridized carbons (Fsp3) is 0.0526. The van der Waals surface area contributed by atoms with E-state index in [1.165, 1.54) is 0 Å². The summed E-state index contributed by atoms with van der Waals surface area (Å²) in [6.45, 7) is 0. The highest BCUT2D eigenvalue weighted by Gasteiger charge is 2.30. The van der Waals surface area contributed by atoms with Crippen LogP contribution in [0.5, 0.6) is 0 Å². The average molecular weight is 257 g/mol. The third-order valence-corrected chi connectivity index (χ3v) is 3.99. The van der Waals surface area contributed by atoms with Gasteiger partial charge in [-0.15, -0.1) is 0 Å². The van der Waals surface area contributed by atoms with Crippen LogP contribution < -0.4 is 0 Å². The Kier molecular flexibility index (Phi) is 2.48. The van der Waals surface area contributed by atoms with E-state index in [0.29, 0.717) is 0 Å². The maximum Gasteiger partial charge on any atom is 0.145 e. The van der Waals surface area contributed by atoms with Crippen LogP contribution in [0.15, 0.2) is 72.8 Å². The summed E-state index contributed by atoms with van der Waals surface area (Å²) in [7, 11) is 0. The number of hydrogen-bond acceptors (Lipinski definition) is 0. The Balaban J connectivity index is 2.00. The molecule has 0 amide bonds. The second-order valence-electron chi connectivity index (χ2n) is 5.10. The minimum absolute atomic E-state index is 0.780. The van der Waals surface area contributed by atoms with Gasteiger partial charge in [0.2, 0.25) is 0 Å². The lowest BCUT2D eigenvalue weighted by atomic mass is 9.95. The summed E-state index contributed by atoms with van der Waals surface area (Å²) >= 11 is 0. The van der Waals surface area contributed by atoms with Gasteiger partial charge < -0.3 is 0 Å². The smallest absolute Gasteiger partial charge is 0.145 e. The molecule has 0 bridgehead atoms. The van der Waals surface area contributed by atoms with Crippen LogP contribution >= 0.6 is 0 Å². The molecule has 0 aliphatic heterocycles. The van der Waals surface area contributed by atoms with Crippen LogP contribution in [0.1, 0.15) is 17.2 Å². The predicted octanol–water partition coefficient (Wildman–Crippen LogP) is 4.85. The fourth-order valence-electron chi connectivity index (χ4n) is 3.08. The quantitative estimate of drug-likeness (QED) is 0.593. The number of rotatable bonds is 1. The maximum absolute atomic E-state index is 12.8. The van der Waals surface area contributed by atoms with E-state index in [-0.39, 0.29) is 0 Å². The summed E-state index contributed by atoms with van der Waals surface area (Å²) in [5, 5.41) is 12.8. The highest BCUT2D eigenvalue weighted by atomic mass is 16.3. The molecule has 1 aliphatic carbocycles. The lowest BCUT2D eigenvalue weighted by molar-refractivity contribution is 0.129. The minimum Gasteiger partial charge on any atom is -0.223 e.